The van der Waals surface area contributed by atoms with Crippen molar-refractivity contribution in [2.75, 3.05) is 19.7 Å². The molecule has 1 unspecified atom stereocenters. The molecule has 2 aromatic heterocycles. The molecule has 2 saturated heterocycles. The molecule has 0 bridgehead atoms. The Bertz CT molecular complexity index is 1380. The number of fused-ring (bicyclic) bond motifs is 1. The van der Waals surface area contributed by atoms with Crippen LogP contribution in [0.1, 0.15) is 70.4 Å². The van der Waals surface area contributed by atoms with Crippen LogP contribution >= 0.6 is 27.5 Å². The summed E-state index contributed by atoms with van der Waals surface area (Å²) in [6.07, 6.45) is 8.20. The standard InChI is InChI=1S/C27H32BrClN6O3/c1-27(2,3)38-26(36)33-11-6-7-18(16-33)17-34-30-14-19(32-34)9-10-20-22(29)13-23-21(25(20)28)15-31-35(23)24-8-4-5-12-37-24/h13-15,18,24H,4-8,11-12,16-17H2,1-3H3/t18-,24?/m0/s1. The Kier molecular flexibility index (Phi) is 7.98. The van der Waals surface area contributed by atoms with Crippen LogP contribution in [0.25, 0.3) is 10.9 Å². The van der Waals surface area contributed by atoms with Crippen molar-refractivity contribution in [2.24, 2.45) is 5.92 Å². The molecular weight excluding hydrogens is 572 g/mol. The molecule has 0 aliphatic carbocycles. The largest absolute Gasteiger partial charge is 0.444 e. The van der Waals surface area contributed by atoms with Gasteiger partial charge in [-0.25, -0.2) is 9.48 Å². The molecule has 2 atom stereocenters. The maximum atomic E-state index is 12.5. The summed E-state index contributed by atoms with van der Waals surface area (Å²) in [6.45, 7) is 8.33. The number of aromatic nitrogens is 5. The summed E-state index contributed by atoms with van der Waals surface area (Å²) in [5.74, 6) is 6.50. The fraction of sp³-hybridized carbons (Fsp3) is 0.556. The molecule has 1 amide bonds. The highest BCUT2D eigenvalue weighted by molar-refractivity contribution is 9.10. The normalized spacial score (nSPS) is 20.3. The fourth-order valence-electron chi connectivity index (χ4n) is 4.88. The van der Waals surface area contributed by atoms with E-state index < -0.39 is 5.60 Å². The van der Waals surface area contributed by atoms with Crippen molar-refractivity contribution in [1.82, 2.24) is 29.7 Å². The number of hydrogen-bond acceptors (Lipinski definition) is 6. The molecule has 202 valence electrons. The summed E-state index contributed by atoms with van der Waals surface area (Å²) in [6, 6.07) is 1.90. The Morgan fingerprint density at radius 3 is 2.82 bits per heavy atom. The van der Waals surface area contributed by atoms with Gasteiger partial charge in [0.05, 0.1) is 35.0 Å². The van der Waals surface area contributed by atoms with Gasteiger partial charge in [-0.05, 0) is 86.7 Å². The van der Waals surface area contributed by atoms with Gasteiger partial charge in [-0.1, -0.05) is 17.5 Å². The van der Waals surface area contributed by atoms with Gasteiger partial charge in [0.15, 0.2) is 11.9 Å². The summed E-state index contributed by atoms with van der Waals surface area (Å²) >= 11 is 10.3. The van der Waals surface area contributed by atoms with Crippen molar-refractivity contribution < 1.29 is 14.3 Å². The van der Waals surface area contributed by atoms with E-state index in [1.54, 1.807) is 15.9 Å². The van der Waals surface area contributed by atoms with Crippen molar-refractivity contribution in [1.29, 1.82) is 0 Å². The summed E-state index contributed by atoms with van der Waals surface area (Å²) in [4.78, 5) is 15.9. The zero-order chi connectivity index (χ0) is 26.9. The van der Waals surface area contributed by atoms with Crippen LogP contribution in [0.5, 0.6) is 0 Å². The van der Waals surface area contributed by atoms with Gasteiger partial charge in [0.1, 0.15) is 5.60 Å². The van der Waals surface area contributed by atoms with E-state index in [2.05, 4.69) is 43.1 Å². The first kappa shape index (κ1) is 27.0. The third-order valence-electron chi connectivity index (χ3n) is 6.66. The number of hydrogen-bond donors (Lipinski definition) is 0. The molecule has 1 aromatic carbocycles. The Morgan fingerprint density at radius 1 is 1.21 bits per heavy atom. The number of piperidine rings is 1. The number of carbonyl (C=O) groups is 1. The van der Waals surface area contributed by atoms with Crippen LogP contribution < -0.4 is 0 Å². The molecule has 9 nitrogen and oxygen atoms in total. The minimum atomic E-state index is -0.506. The van der Waals surface area contributed by atoms with E-state index in [-0.39, 0.29) is 18.2 Å². The average molecular weight is 604 g/mol. The second kappa shape index (κ2) is 11.2. The van der Waals surface area contributed by atoms with E-state index >= 15 is 0 Å². The van der Waals surface area contributed by atoms with Crippen molar-refractivity contribution >= 4 is 44.5 Å². The van der Waals surface area contributed by atoms with Crippen LogP contribution in [0.3, 0.4) is 0 Å². The average Bonchev–Trinajstić information content (AvgIpc) is 3.50. The van der Waals surface area contributed by atoms with Gasteiger partial charge in [0.2, 0.25) is 0 Å². The Balaban J connectivity index is 1.27. The fourth-order valence-corrected chi connectivity index (χ4v) is 5.86. The summed E-state index contributed by atoms with van der Waals surface area (Å²) < 4.78 is 14.2. The predicted molar refractivity (Wildman–Crippen MR) is 148 cm³/mol. The van der Waals surface area contributed by atoms with Gasteiger partial charge in [-0.15, -0.1) is 5.10 Å². The van der Waals surface area contributed by atoms with Crippen molar-refractivity contribution in [3.63, 3.8) is 0 Å². The van der Waals surface area contributed by atoms with E-state index in [1.807, 2.05) is 37.7 Å². The lowest BCUT2D eigenvalue weighted by molar-refractivity contribution is -0.0366. The predicted octanol–water partition coefficient (Wildman–Crippen LogP) is 5.79. The van der Waals surface area contributed by atoms with Crippen LogP contribution in [0.4, 0.5) is 4.79 Å². The van der Waals surface area contributed by atoms with Gasteiger partial charge < -0.3 is 14.4 Å². The highest BCUT2D eigenvalue weighted by Crippen LogP contribution is 2.35. The molecular formula is C27H32BrClN6O3. The lowest BCUT2D eigenvalue weighted by Crippen LogP contribution is -2.43. The van der Waals surface area contributed by atoms with Gasteiger partial charge in [0.25, 0.3) is 0 Å². The number of likely N-dealkylation sites (tertiary alicyclic amines) is 1. The van der Waals surface area contributed by atoms with E-state index in [0.717, 1.165) is 54.1 Å². The number of halogens is 2. The first-order valence-corrected chi connectivity index (χ1v) is 14.2. The number of carbonyl (C=O) groups excluding carboxylic acids is 1. The van der Waals surface area contributed by atoms with Gasteiger partial charge in [-0.3, -0.25) is 0 Å². The minimum absolute atomic E-state index is 0.0726. The van der Waals surface area contributed by atoms with Gasteiger partial charge in [-0.2, -0.15) is 15.0 Å². The summed E-state index contributed by atoms with van der Waals surface area (Å²) in [5.41, 5.74) is 1.64. The molecule has 38 heavy (non-hydrogen) atoms. The Morgan fingerprint density at radius 2 is 2.05 bits per heavy atom. The molecule has 11 heteroatoms. The second-order valence-electron chi connectivity index (χ2n) is 10.9. The van der Waals surface area contributed by atoms with Crippen LogP contribution in [0, 0.1) is 17.8 Å². The monoisotopic (exact) mass is 602 g/mol. The first-order valence-electron chi connectivity index (χ1n) is 13.0. The lowest BCUT2D eigenvalue weighted by Gasteiger charge is -2.33. The Hall–Kier alpha value is -2.61. The van der Waals surface area contributed by atoms with Crippen molar-refractivity contribution in [3.8, 4) is 11.8 Å². The third kappa shape index (κ3) is 6.16. The zero-order valence-corrected chi connectivity index (χ0v) is 24.3. The number of ether oxygens (including phenoxy) is 2. The quantitative estimate of drug-likeness (QED) is 0.352. The second-order valence-corrected chi connectivity index (χ2v) is 12.1. The maximum Gasteiger partial charge on any atom is 0.410 e. The van der Waals surface area contributed by atoms with Crippen molar-refractivity contribution in [2.45, 2.75) is 71.2 Å². The molecule has 0 N–H and O–H groups in total. The summed E-state index contributed by atoms with van der Waals surface area (Å²) in [7, 11) is 0. The van der Waals surface area contributed by atoms with Crippen LogP contribution in [-0.2, 0) is 16.0 Å². The van der Waals surface area contributed by atoms with E-state index in [1.165, 1.54) is 0 Å². The smallest absolute Gasteiger partial charge is 0.410 e. The van der Waals surface area contributed by atoms with E-state index in [9.17, 15) is 4.79 Å². The van der Waals surface area contributed by atoms with Gasteiger partial charge in [0, 0.05) is 29.6 Å². The van der Waals surface area contributed by atoms with Crippen LogP contribution in [-0.4, -0.2) is 61.1 Å². The van der Waals surface area contributed by atoms with Gasteiger partial charge >= 0.3 is 6.09 Å². The minimum Gasteiger partial charge on any atom is -0.444 e. The topological polar surface area (TPSA) is 87.3 Å². The molecule has 2 aliphatic rings. The number of nitrogens with zero attached hydrogens (tertiary/aromatic N) is 6. The first-order chi connectivity index (χ1) is 18.2. The Labute approximate surface area is 235 Å². The maximum absolute atomic E-state index is 12.5. The number of benzene rings is 1. The number of rotatable bonds is 3. The SMILES string of the molecule is CC(C)(C)OC(=O)N1CCC[C@H](Cn2ncc(C#Cc3c(Cl)cc4c(cnn4C4CCCCO4)c3Br)n2)C1. The molecule has 5 rings (SSSR count). The highest BCUT2D eigenvalue weighted by Gasteiger charge is 2.28. The molecule has 3 aromatic rings. The third-order valence-corrected chi connectivity index (χ3v) is 7.79. The van der Waals surface area contributed by atoms with Crippen LogP contribution in [0.15, 0.2) is 22.9 Å². The van der Waals surface area contributed by atoms with Crippen molar-refractivity contribution in [3.05, 3.63) is 39.2 Å². The summed E-state index contributed by atoms with van der Waals surface area (Å²) in [5, 5.41) is 15.0. The molecule has 0 saturated carbocycles. The number of amides is 1. The lowest BCUT2D eigenvalue weighted by atomic mass is 9.98. The molecule has 2 aliphatic heterocycles. The molecule has 0 spiro atoms. The van der Waals surface area contributed by atoms with E-state index in [4.69, 9.17) is 21.1 Å². The van der Waals surface area contributed by atoms with Crippen LogP contribution in [0.2, 0.25) is 5.02 Å². The molecule has 4 heterocycles. The molecule has 2 fully saturated rings. The zero-order valence-electron chi connectivity index (χ0n) is 21.9. The van der Waals surface area contributed by atoms with E-state index in [0.29, 0.717) is 35.9 Å². The highest BCUT2D eigenvalue weighted by atomic mass is 79.9. The molecule has 0 radical (unpaired) electrons.